The molecule has 0 radical (unpaired) electrons. The molecule has 0 spiro atoms. The zero-order chi connectivity index (χ0) is 15.0. The van der Waals surface area contributed by atoms with Crippen LogP contribution in [0.2, 0.25) is 5.02 Å². The SMILES string of the molecule is O=Cc1ccc(-c2cc3c(Cl)ccnc3n2SI)cc1F. The van der Waals surface area contributed by atoms with Crippen LogP contribution in [-0.2, 0) is 0 Å². The molecule has 21 heavy (non-hydrogen) atoms. The molecule has 0 aliphatic heterocycles. The normalized spacial score (nSPS) is 11.0. The van der Waals surface area contributed by atoms with Crippen LogP contribution in [0.3, 0.4) is 0 Å². The van der Waals surface area contributed by atoms with E-state index >= 15 is 0 Å². The monoisotopic (exact) mass is 432 g/mol. The lowest BCUT2D eigenvalue weighted by Gasteiger charge is -2.06. The first-order chi connectivity index (χ1) is 10.2. The summed E-state index contributed by atoms with van der Waals surface area (Å²) in [6, 6.07) is 8.09. The van der Waals surface area contributed by atoms with Gasteiger partial charge in [-0.1, -0.05) is 17.7 Å². The number of pyridine rings is 1. The number of carbonyl (C=O) groups is 1. The van der Waals surface area contributed by atoms with Crippen LogP contribution in [0.5, 0.6) is 0 Å². The number of halogens is 3. The van der Waals surface area contributed by atoms with Crippen molar-refractivity contribution in [3.05, 3.63) is 52.9 Å². The molecule has 1 aromatic carbocycles. The fourth-order valence-electron chi connectivity index (χ4n) is 2.10. The second-order valence-electron chi connectivity index (χ2n) is 4.28. The van der Waals surface area contributed by atoms with Crippen LogP contribution in [0, 0.1) is 5.82 Å². The van der Waals surface area contributed by atoms with Crippen molar-refractivity contribution in [3.63, 3.8) is 0 Å². The molecular formula is C14H7ClFIN2OS. The maximum Gasteiger partial charge on any atom is 0.152 e. The Hall–Kier alpha value is -1.12. The van der Waals surface area contributed by atoms with Crippen LogP contribution in [0.1, 0.15) is 10.4 Å². The largest absolute Gasteiger partial charge is 0.298 e. The van der Waals surface area contributed by atoms with Crippen LogP contribution in [-0.4, -0.2) is 15.2 Å². The third-order valence-corrected chi connectivity index (χ3v) is 5.12. The highest BCUT2D eigenvalue weighted by molar-refractivity contribution is 14.2. The van der Waals surface area contributed by atoms with Gasteiger partial charge in [0, 0.05) is 47.5 Å². The van der Waals surface area contributed by atoms with E-state index in [2.05, 4.69) is 26.2 Å². The van der Waals surface area contributed by atoms with E-state index in [1.165, 1.54) is 21.3 Å². The van der Waals surface area contributed by atoms with Crippen LogP contribution in [0.15, 0.2) is 36.5 Å². The zero-order valence-corrected chi connectivity index (χ0v) is 14.1. The summed E-state index contributed by atoms with van der Waals surface area (Å²) in [6.07, 6.45) is 2.13. The van der Waals surface area contributed by atoms with Gasteiger partial charge in [0.15, 0.2) is 11.9 Å². The summed E-state index contributed by atoms with van der Waals surface area (Å²) in [7, 11) is 1.42. The van der Waals surface area contributed by atoms with Gasteiger partial charge in [-0.15, -0.1) is 0 Å². The van der Waals surface area contributed by atoms with Gasteiger partial charge in [-0.2, -0.15) is 0 Å². The molecule has 2 heterocycles. The van der Waals surface area contributed by atoms with Gasteiger partial charge in [-0.25, -0.2) is 9.37 Å². The standard InChI is InChI=1S/C14H7ClFIN2OS/c15-11-3-4-18-14-10(11)6-13(19(14)21-17)8-1-2-9(7-20)12(16)5-8/h1-7H. The van der Waals surface area contributed by atoms with Crippen molar-refractivity contribution in [2.24, 2.45) is 0 Å². The molecule has 0 saturated carbocycles. The summed E-state index contributed by atoms with van der Waals surface area (Å²) < 4.78 is 15.7. The predicted molar refractivity (Wildman–Crippen MR) is 92.5 cm³/mol. The Morgan fingerprint density at radius 3 is 2.81 bits per heavy atom. The summed E-state index contributed by atoms with van der Waals surface area (Å²) in [6.45, 7) is 0. The van der Waals surface area contributed by atoms with E-state index in [0.29, 0.717) is 16.9 Å². The van der Waals surface area contributed by atoms with Gasteiger partial charge in [0.25, 0.3) is 0 Å². The molecule has 3 aromatic rings. The molecular weight excluding hydrogens is 426 g/mol. The highest BCUT2D eigenvalue weighted by Gasteiger charge is 2.15. The third-order valence-electron chi connectivity index (χ3n) is 3.10. The molecule has 0 aliphatic rings. The average molecular weight is 433 g/mol. The molecule has 0 atom stereocenters. The quantitative estimate of drug-likeness (QED) is 0.424. The molecule has 106 valence electrons. The first kappa shape index (κ1) is 14.8. The summed E-state index contributed by atoms with van der Waals surface area (Å²) >= 11 is 8.31. The summed E-state index contributed by atoms with van der Waals surface area (Å²) in [5, 5.41) is 1.40. The average Bonchev–Trinajstić information content (AvgIpc) is 2.87. The Bertz CT molecular complexity index is 852. The summed E-state index contributed by atoms with van der Waals surface area (Å²) in [4.78, 5) is 15.0. The molecule has 0 unspecified atom stereocenters. The number of hydrogen-bond donors (Lipinski definition) is 0. The van der Waals surface area contributed by atoms with Crippen LogP contribution >= 0.6 is 41.9 Å². The summed E-state index contributed by atoms with van der Waals surface area (Å²) in [5.74, 6) is -0.545. The predicted octanol–water partition coefficient (Wildman–Crippen LogP) is 5.15. The molecule has 2 aromatic heterocycles. The Morgan fingerprint density at radius 1 is 1.33 bits per heavy atom. The van der Waals surface area contributed by atoms with Crippen molar-refractivity contribution in [1.29, 1.82) is 0 Å². The number of aromatic nitrogens is 2. The summed E-state index contributed by atoms with van der Waals surface area (Å²) in [5.41, 5.74) is 2.20. The minimum absolute atomic E-state index is 0.0414. The van der Waals surface area contributed by atoms with Crippen molar-refractivity contribution in [1.82, 2.24) is 8.96 Å². The number of aldehydes is 1. The van der Waals surface area contributed by atoms with Crippen LogP contribution in [0.25, 0.3) is 22.3 Å². The fourth-order valence-corrected chi connectivity index (χ4v) is 3.93. The molecule has 0 N–H and O–H groups in total. The van der Waals surface area contributed by atoms with Crippen molar-refractivity contribution in [3.8, 4) is 11.3 Å². The van der Waals surface area contributed by atoms with Gasteiger partial charge in [-0.3, -0.25) is 8.77 Å². The number of hydrogen-bond acceptors (Lipinski definition) is 3. The Labute approximate surface area is 141 Å². The second kappa shape index (κ2) is 5.94. The lowest BCUT2D eigenvalue weighted by Crippen LogP contribution is -1.92. The lowest BCUT2D eigenvalue weighted by atomic mass is 10.1. The second-order valence-corrected chi connectivity index (χ2v) is 6.37. The van der Waals surface area contributed by atoms with Crippen molar-refractivity contribution in [2.75, 3.05) is 0 Å². The highest BCUT2D eigenvalue weighted by atomic mass is 127. The number of carbonyl (C=O) groups excluding carboxylic acids is 1. The van der Waals surface area contributed by atoms with Gasteiger partial charge in [0.05, 0.1) is 16.3 Å². The highest BCUT2D eigenvalue weighted by Crippen LogP contribution is 2.36. The van der Waals surface area contributed by atoms with Gasteiger partial charge in [-0.05, 0) is 24.3 Å². The molecule has 3 rings (SSSR count). The van der Waals surface area contributed by atoms with Gasteiger partial charge in [0.2, 0.25) is 0 Å². The maximum atomic E-state index is 13.8. The first-order valence-electron chi connectivity index (χ1n) is 5.86. The van der Waals surface area contributed by atoms with E-state index in [1.807, 2.05) is 10.0 Å². The molecule has 0 fully saturated rings. The molecule has 0 aliphatic carbocycles. The number of benzene rings is 1. The molecule has 0 bridgehead atoms. The van der Waals surface area contributed by atoms with E-state index in [4.69, 9.17) is 11.6 Å². The van der Waals surface area contributed by atoms with E-state index in [1.54, 1.807) is 18.3 Å². The zero-order valence-electron chi connectivity index (χ0n) is 10.4. The fraction of sp³-hybridized carbons (Fsp3) is 0. The van der Waals surface area contributed by atoms with E-state index in [9.17, 15) is 9.18 Å². The third kappa shape index (κ3) is 2.56. The van der Waals surface area contributed by atoms with Crippen LogP contribution < -0.4 is 0 Å². The number of fused-ring (bicyclic) bond motifs is 1. The van der Waals surface area contributed by atoms with Crippen LogP contribution in [0.4, 0.5) is 4.39 Å². The first-order valence-corrected chi connectivity index (χ1v) is 9.55. The number of nitrogens with zero attached hydrogens (tertiary/aromatic N) is 2. The smallest absolute Gasteiger partial charge is 0.152 e. The van der Waals surface area contributed by atoms with Gasteiger partial charge >= 0.3 is 0 Å². The van der Waals surface area contributed by atoms with Crippen molar-refractivity contribution >= 4 is 59.2 Å². The Balaban J connectivity index is 2.27. The van der Waals surface area contributed by atoms with Gasteiger partial charge < -0.3 is 0 Å². The molecule has 0 amide bonds. The Morgan fingerprint density at radius 2 is 2.14 bits per heavy atom. The molecule has 0 saturated heterocycles. The van der Waals surface area contributed by atoms with Crippen molar-refractivity contribution < 1.29 is 9.18 Å². The maximum absolute atomic E-state index is 13.8. The molecule has 7 heteroatoms. The Kier molecular flexibility index (Phi) is 4.19. The lowest BCUT2D eigenvalue weighted by molar-refractivity contribution is 0.112. The topological polar surface area (TPSA) is 34.9 Å². The van der Waals surface area contributed by atoms with Crippen molar-refractivity contribution in [2.45, 2.75) is 0 Å². The van der Waals surface area contributed by atoms with E-state index in [-0.39, 0.29) is 5.56 Å². The minimum Gasteiger partial charge on any atom is -0.298 e. The minimum atomic E-state index is -0.545. The van der Waals surface area contributed by atoms with Gasteiger partial charge in [0.1, 0.15) is 5.82 Å². The number of rotatable bonds is 3. The molecule has 3 nitrogen and oxygen atoms in total. The van der Waals surface area contributed by atoms with E-state index < -0.39 is 5.82 Å². The van der Waals surface area contributed by atoms with E-state index in [0.717, 1.165) is 16.7 Å².